The molecule has 1 aromatic carbocycles. The van der Waals surface area contributed by atoms with E-state index in [1.165, 1.54) is 25.9 Å². The predicted molar refractivity (Wildman–Crippen MR) is 78.0 cm³/mol. The fourth-order valence-electron chi connectivity index (χ4n) is 1.97. The van der Waals surface area contributed by atoms with Crippen LogP contribution < -0.4 is 4.74 Å². The minimum atomic E-state index is 0.713. The summed E-state index contributed by atoms with van der Waals surface area (Å²) in [6.07, 6.45) is 2.49. The number of likely N-dealkylation sites (tertiary alicyclic amines) is 1. The number of hydrogen-bond acceptors (Lipinski definition) is 2. The van der Waals surface area contributed by atoms with Crippen LogP contribution >= 0.6 is 31.9 Å². The summed E-state index contributed by atoms with van der Waals surface area (Å²) in [6.45, 7) is 4.14. The van der Waals surface area contributed by atoms with Crippen molar-refractivity contribution in [2.45, 2.75) is 17.7 Å². The summed E-state index contributed by atoms with van der Waals surface area (Å²) in [5, 5.41) is 0. The lowest BCUT2D eigenvalue weighted by atomic mass is 10.1. The van der Waals surface area contributed by atoms with Crippen molar-refractivity contribution < 1.29 is 4.74 Å². The third-order valence-electron chi connectivity index (χ3n) is 2.99. The van der Waals surface area contributed by atoms with Crippen LogP contribution in [0.5, 0.6) is 5.75 Å². The second-order valence-corrected chi connectivity index (χ2v) is 6.53. The van der Waals surface area contributed by atoms with Gasteiger partial charge in [0.15, 0.2) is 0 Å². The van der Waals surface area contributed by atoms with Crippen LogP contribution in [0.1, 0.15) is 12.8 Å². The zero-order valence-corrected chi connectivity index (χ0v) is 12.9. The maximum atomic E-state index is 5.73. The topological polar surface area (TPSA) is 12.5 Å². The minimum absolute atomic E-state index is 0.713. The van der Waals surface area contributed by atoms with Crippen molar-refractivity contribution in [1.29, 1.82) is 0 Å². The molecule has 0 bridgehead atoms. The van der Waals surface area contributed by atoms with E-state index in [9.17, 15) is 0 Å². The van der Waals surface area contributed by atoms with Crippen molar-refractivity contribution in [2.75, 3.05) is 26.2 Å². The number of ether oxygens (including phenoxy) is 1. The van der Waals surface area contributed by atoms with E-state index >= 15 is 0 Å². The van der Waals surface area contributed by atoms with Gasteiger partial charge in [-0.15, -0.1) is 0 Å². The largest absolute Gasteiger partial charge is 0.492 e. The van der Waals surface area contributed by atoms with Crippen LogP contribution in [0.3, 0.4) is 0 Å². The predicted octanol–water partition coefficient (Wildman–Crippen LogP) is 3.69. The van der Waals surface area contributed by atoms with Gasteiger partial charge in [-0.1, -0.05) is 37.9 Å². The quantitative estimate of drug-likeness (QED) is 0.757. The van der Waals surface area contributed by atoms with Gasteiger partial charge in [0.1, 0.15) is 12.4 Å². The fraction of sp³-hybridized carbons (Fsp3) is 0.538. The summed E-state index contributed by atoms with van der Waals surface area (Å²) >= 11 is 7.11. The molecule has 17 heavy (non-hydrogen) atoms. The van der Waals surface area contributed by atoms with Crippen LogP contribution in [0.25, 0.3) is 0 Å². The maximum absolute atomic E-state index is 5.73. The van der Waals surface area contributed by atoms with Crippen molar-refractivity contribution in [3.63, 3.8) is 0 Å². The first-order valence-corrected chi connectivity index (χ1v) is 7.70. The second kappa shape index (κ2) is 6.76. The first-order valence-electron chi connectivity index (χ1n) is 5.99. The second-order valence-electron chi connectivity index (χ2n) is 4.32. The van der Waals surface area contributed by atoms with Crippen LogP contribution in [-0.2, 0) is 0 Å². The number of nitrogens with zero attached hydrogens (tertiary/aromatic N) is 1. The summed E-state index contributed by atoms with van der Waals surface area (Å²) in [7, 11) is 0. The summed E-state index contributed by atoms with van der Waals surface area (Å²) < 4.78 is 6.80. The van der Waals surface area contributed by atoms with Crippen molar-refractivity contribution >= 4 is 31.9 Å². The third kappa shape index (κ3) is 4.60. The molecule has 4 heteroatoms. The molecule has 1 heterocycles. The molecule has 0 N–H and O–H groups in total. The van der Waals surface area contributed by atoms with Gasteiger partial charge in [0.2, 0.25) is 0 Å². The normalized spacial score (nSPS) is 18.2. The van der Waals surface area contributed by atoms with Gasteiger partial charge in [0.05, 0.1) is 0 Å². The Kier molecular flexibility index (Phi) is 5.32. The number of hydrogen-bond donors (Lipinski definition) is 0. The Hall–Kier alpha value is -0.0600. The highest BCUT2D eigenvalue weighted by atomic mass is 79.9. The van der Waals surface area contributed by atoms with E-state index in [1.54, 1.807) is 0 Å². The Morgan fingerprint density at radius 2 is 2.06 bits per heavy atom. The van der Waals surface area contributed by atoms with E-state index in [2.05, 4.69) is 36.8 Å². The van der Waals surface area contributed by atoms with Crippen LogP contribution in [-0.4, -0.2) is 36.0 Å². The lowest BCUT2D eigenvalue weighted by molar-refractivity contribution is 0.186. The Labute approximate surface area is 120 Å². The highest BCUT2D eigenvalue weighted by molar-refractivity contribution is 9.10. The van der Waals surface area contributed by atoms with E-state index in [0.29, 0.717) is 4.83 Å². The molecule has 1 saturated heterocycles. The SMILES string of the molecule is Brc1cccc(OCCN2CCC(Br)CC2)c1. The molecule has 2 rings (SSSR count). The van der Waals surface area contributed by atoms with Crippen molar-refractivity contribution in [2.24, 2.45) is 0 Å². The van der Waals surface area contributed by atoms with Crippen molar-refractivity contribution in [3.05, 3.63) is 28.7 Å². The van der Waals surface area contributed by atoms with E-state index in [4.69, 9.17) is 4.74 Å². The summed E-state index contributed by atoms with van der Waals surface area (Å²) in [5.41, 5.74) is 0. The van der Waals surface area contributed by atoms with Crippen LogP contribution in [0.15, 0.2) is 28.7 Å². The molecule has 0 aromatic heterocycles. The fourth-order valence-corrected chi connectivity index (χ4v) is 2.76. The van der Waals surface area contributed by atoms with Gasteiger partial charge in [-0.3, -0.25) is 4.90 Å². The molecule has 0 atom stereocenters. The molecular formula is C13H17Br2NO. The molecule has 1 aromatic rings. The third-order valence-corrected chi connectivity index (χ3v) is 4.40. The minimum Gasteiger partial charge on any atom is -0.492 e. The van der Waals surface area contributed by atoms with Gasteiger partial charge in [-0.25, -0.2) is 0 Å². The monoisotopic (exact) mass is 361 g/mol. The molecule has 1 aliphatic rings. The number of halogens is 2. The molecule has 0 unspecified atom stereocenters. The molecular weight excluding hydrogens is 346 g/mol. The van der Waals surface area contributed by atoms with Crippen LogP contribution in [0.2, 0.25) is 0 Å². The molecule has 0 amide bonds. The highest BCUT2D eigenvalue weighted by Crippen LogP contribution is 2.19. The van der Waals surface area contributed by atoms with Gasteiger partial charge in [0, 0.05) is 15.8 Å². The van der Waals surface area contributed by atoms with Gasteiger partial charge in [-0.2, -0.15) is 0 Å². The number of piperidine rings is 1. The van der Waals surface area contributed by atoms with Gasteiger partial charge in [0.25, 0.3) is 0 Å². The summed E-state index contributed by atoms with van der Waals surface area (Å²) in [6, 6.07) is 8.00. The smallest absolute Gasteiger partial charge is 0.120 e. The Balaban J connectivity index is 1.69. The molecule has 0 saturated carbocycles. The van der Waals surface area contributed by atoms with E-state index in [0.717, 1.165) is 23.4 Å². The molecule has 2 nitrogen and oxygen atoms in total. The average Bonchev–Trinajstić information content (AvgIpc) is 2.32. The van der Waals surface area contributed by atoms with Crippen LogP contribution in [0.4, 0.5) is 0 Å². The number of rotatable bonds is 4. The van der Waals surface area contributed by atoms with Gasteiger partial charge < -0.3 is 4.74 Å². The lowest BCUT2D eigenvalue weighted by Gasteiger charge is -2.29. The van der Waals surface area contributed by atoms with Crippen molar-refractivity contribution in [1.82, 2.24) is 4.90 Å². The Morgan fingerprint density at radius 3 is 2.76 bits per heavy atom. The molecule has 0 radical (unpaired) electrons. The van der Waals surface area contributed by atoms with E-state index in [-0.39, 0.29) is 0 Å². The van der Waals surface area contributed by atoms with Gasteiger partial charge in [-0.05, 0) is 44.1 Å². The zero-order valence-electron chi connectivity index (χ0n) is 9.74. The molecule has 1 fully saturated rings. The molecule has 1 aliphatic heterocycles. The van der Waals surface area contributed by atoms with Crippen molar-refractivity contribution in [3.8, 4) is 5.75 Å². The first-order chi connectivity index (χ1) is 8.24. The zero-order chi connectivity index (χ0) is 12.1. The van der Waals surface area contributed by atoms with E-state index in [1.807, 2.05) is 24.3 Å². The number of alkyl halides is 1. The van der Waals surface area contributed by atoms with Crippen LogP contribution in [0, 0.1) is 0 Å². The number of benzene rings is 1. The maximum Gasteiger partial charge on any atom is 0.120 e. The first kappa shape index (κ1) is 13.4. The molecule has 94 valence electrons. The Morgan fingerprint density at radius 1 is 1.29 bits per heavy atom. The standard InChI is InChI=1S/C13H17Br2NO/c14-11-4-6-16(7-5-11)8-9-17-13-3-1-2-12(15)10-13/h1-3,10-11H,4-9H2. The molecule has 0 spiro atoms. The van der Waals surface area contributed by atoms with Gasteiger partial charge >= 0.3 is 0 Å². The Bertz CT molecular complexity index is 351. The lowest BCUT2D eigenvalue weighted by Crippen LogP contribution is -2.36. The highest BCUT2D eigenvalue weighted by Gasteiger charge is 2.16. The average molecular weight is 363 g/mol. The van der Waals surface area contributed by atoms with E-state index < -0.39 is 0 Å². The summed E-state index contributed by atoms with van der Waals surface area (Å²) in [4.78, 5) is 3.18. The summed E-state index contributed by atoms with van der Waals surface area (Å²) in [5.74, 6) is 0.940. The molecule has 0 aliphatic carbocycles.